The van der Waals surface area contributed by atoms with Gasteiger partial charge >= 0.3 is 5.97 Å². The number of benzene rings is 1. The Morgan fingerprint density at radius 2 is 2.00 bits per heavy atom. The molecule has 1 rings (SSSR count). The summed E-state index contributed by atoms with van der Waals surface area (Å²) in [5.74, 6) is -1.26. The summed E-state index contributed by atoms with van der Waals surface area (Å²) in [5.41, 5.74) is 0.863. The molecule has 0 fully saturated rings. The van der Waals surface area contributed by atoms with Crippen LogP contribution in [-0.2, 0) is 9.59 Å². The van der Waals surface area contributed by atoms with Gasteiger partial charge < -0.3 is 10.0 Å². The number of amides is 1. The Hall–Kier alpha value is -1.36. The van der Waals surface area contributed by atoms with Crippen molar-refractivity contribution in [2.45, 2.75) is 18.8 Å². The monoisotopic (exact) mass is 313 g/mol. The van der Waals surface area contributed by atoms with E-state index in [9.17, 15) is 9.59 Å². The second-order valence-electron chi connectivity index (χ2n) is 4.34. The fourth-order valence-electron chi connectivity index (χ4n) is 1.67. The van der Waals surface area contributed by atoms with E-state index in [-0.39, 0.29) is 24.7 Å². The third-order valence-electron chi connectivity index (χ3n) is 2.66. The lowest BCUT2D eigenvalue weighted by Crippen LogP contribution is -2.24. The maximum Gasteiger partial charge on any atom is 0.303 e. The summed E-state index contributed by atoms with van der Waals surface area (Å²) >= 11 is 3.35. The van der Waals surface area contributed by atoms with Crippen molar-refractivity contribution in [2.24, 2.45) is 0 Å². The molecule has 0 aliphatic heterocycles. The van der Waals surface area contributed by atoms with Crippen LogP contribution in [0.1, 0.15) is 24.3 Å². The zero-order chi connectivity index (χ0) is 13.7. The Morgan fingerprint density at radius 1 is 1.33 bits per heavy atom. The lowest BCUT2D eigenvalue weighted by molar-refractivity contribution is -0.137. The van der Waals surface area contributed by atoms with Crippen molar-refractivity contribution in [3.63, 3.8) is 0 Å². The minimum Gasteiger partial charge on any atom is -0.481 e. The number of hydrogen-bond donors (Lipinski definition) is 1. The summed E-state index contributed by atoms with van der Waals surface area (Å²) in [4.78, 5) is 24.1. The average Bonchev–Trinajstić information content (AvgIpc) is 2.27. The van der Waals surface area contributed by atoms with Crippen LogP contribution >= 0.6 is 15.9 Å². The number of carboxylic acid groups (broad SMARTS) is 1. The van der Waals surface area contributed by atoms with Crippen molar-refractivity contribution in [2.75, 3.05) is 14.1 Å². The highest BCUT2D eigenvalue weighted by atomic mass is 79.9. The second-order valence-corrected chi connectivity index (χ2v) is 5.26. The quantitative estimate of drug-likeness (QED) is 0.908. The van der Waals surface area contributed by atoms with Crippen LogP contribution in [0, 0.1) is 0 Å². The molecule has 0 saturated carbocycles. The lowest BCUT2D eigenvalue weighted by atomic mass is 9.92. The highest BCUT2D eigenvalue weighted by molar-refractivity contribution is 9.10. The maximum absolute atomic E-state index is 11.7. The molecule has 5 heteroatoms. The number of hydrogen-bond acceptors (Lipinski definition) is 2. The third kappa shape index (κ3) is 4.49. The average molecular weight is 314 g/mol. The van der Waals surface area contributed by atoms with Crippen LogP contribution in [0.25, 0.3) is 0 Å². The molecular weight excluding hydrogens is 298 g/mol. The van der Waals surface area contributed by atoms with Gasteiger partial charge in [-0.25, -0.2) is 0 Å². The zero-order valence-electron chi connectivity index (χ0n) is 10.4. The molecule has 4 nitrogen and oxygen atoms in total. The first kappa shape index (κ1) is 14.7. The van der Waals surface area contributed by atoms with Crippen molar-refractivity contribution in [1.29, 1.82) is 0 Å². The molecular formula is C13H16BrNO3. The highest BCUT2D eigenvalue weighted by Crippen LogP contribution is 2.26. The molecule has 0 bridgehead atoms. The van der Waals surface area contributed by atoms with Gasteiger partial charge in [0.15, 0.2) is 0 Å². The Morgan fingerprint density at radius 3 is 2.50 bits per heavy atom. The van der Waals surface area contributed by atoms with Crippen molar-refractivity contribution >= 4 is 27.8 Å². The summed E-state index contributed by atoms with van der Waals surface area (Å²) in [7, 11) is 3.34. The Bertz CT molecular complexity index is 446. The van der Waals surface area contributed by atoms with Gasteiger partial charge in [-0.15, -0.1) is 0 Å². The molecule has 98 valence electrons. The van der Waals surface area contributed by atoms with Crippen LogP contribution in [0.4, 0.5) is 0 Å². The molecule has 18 heavy (non-hydrogen) atoms. The smallest absolute Gasteiger partial charge is 0.303 e. The first-order valence-corrected chi connectivity index (χ1v) is 6.37. The summed E-state index contributed by atoms with van der Waals surface area (Å²) in [6.45, 7) is 0. The minimum atomic E-state index is -0.897. The van der Waals surface area contributed by atoms with E-state index in [4.69, 9.17) is 5.11 Å². The maximum atomic E-state index is 11.7. The molecule has 0 heterocycles. The van der Waals surface area contributed by atoms with Crippen molar-refractivity contribution < 1.29 is 14.7 Å². The van der Waals surface area contributed by atoms with Crippen molar-refractivity contribution in [3.05, 3.63) is 34.3 Å². The molecule has 0 radical (unpaired) electrons. The normalized spacial score (nSPS) is 11.9. The van der Waals surface area contributed by atoms with Crippen LogP contribution in [0.15, 0.2) is 28.7 Å². The van der Waals surface area contributed by atoms with E-state index in [1.54, 1.807) is 14.1 Å². The molecule has 0 aromatic heterocycles. The van der Waals surface area contributed by atoms with Gasteiger partial charge in [0.1, 0.15) is 0 Å². The molecule has 0 aliphatic carbocycles. The van der Waals surface area contributed by atoms with E-state index in [0.29, 0.717) is 0 Å². The molecule has 1 N–H and O–H groups in total. The van der Waals surface area contributed by atoms with Crippen molar-refractivity contribution in [1.82, 2.24) is 4.90 Å². The number of rotatable bonds is 5. The molecule has 0 saturated heterocycles. The predicted molar refractivity (Wildman–Crippen MR) is 72.4 cm³/mol. The van der Waals surface area contributed by atoms with Crippen LogP contribution in [0.3, 0.4) is 0 Å². The second kappa shape index (κ2) is 6.54. The van der Waals surface area contributed by atoms with Gasteiger partial charge in [-0.1, -0.05) is 28.1 Å². The largest absolute Gasteiger partial charge is 0.481 e. The first-order chi connectivity index (χ1) is 8.40. The highest BCUT2D eigenvalue weighted by Gasteiger charge is 2.20. The number of carbonyl (C=O) groups excluding carboxylic acids is 1. The van der Waals surface area contributed by atoms with Gasteiger partial charge in [0.25, 0.3) is 0 Å². The Labute approximate surface area is 115 Å². The van der Waals surface area contributed by atoms with E-state index in [0.717, 1.165) is 10.0 Å². The molecule has 0 aliphatic rings. The van der Waals surface area contributed by atoms with Gasteiger partial charge in [0.05, 0.1) is 6.42 Å². The zero-order valence-corrected chi connectivity index (χ0v) is 12.0. The van der Waals surface area contributed by atoms with Gasteiger partial charge in [-0.2, -0.15) is 0 Å². The number of halogens is 1. The molecule has 1 atom stereocenters. The number of carboxylic acids is 1. The summed E-state index contributed by atoms with van der Waals surface area (Å²) in [5, 5.41) is 8.93. The van der Waals surface area contributed by atoms with E-state index in [2.05, 4.69) is 15.9 Å². The molecule has 1 aromatic carbocycles. The van der Waals surface area contributed by atoms with E-state index in [1.165, 1.54) is 4.90 Å². The minimum absolute atomic E-state index is 0.0456. The Balaban J connectivity index is 2.91. The van der Waals surface area contributed by atoms with E-state index in [1.807, 2.05) is 24.3 Å². The van der Waals surface area contributed by atoms with Crippen LogP contribution in [-0.4, -0.2) is 36.0 Å². The SMILES string of the molecule is CN(C)C(=O)CC(CC(=O)O)c1cccc(Br)c1. The molecule has 1 aromatic rings. The topological polar surface area (TPSA) is 57.6 Å². The summed E-state index contributed by atoms with van der Waals surface area (Å²) in [6.07, 6.45) is 0.159. The predicted octanol–water partition coefficient (Wildman–Crippen LogP) is 2.49. The van der Waals surface area contributed by atoms with E-state index >= 15 is 0 Å². The number of carbonyl (C=O) groups is 2. The summed E-state index contributed by atoms with van der Waals surface area (Å²) in [6, 6.07) is 7.42. The lowest BCUT2D eigenvalue weighted by Gasteiger charge is -2.18. The standard InChI is InChI=1S/C13H16BrNO3/c1-15(2)12(16)7-10(8-13(17)18)9-4-3-5-11(14)6-9/h3-6,10H,7-8H2,1-2H3,(H,17,18). The van der Waals surface area contributed by atoms with Crippen LogP contribution in [0.2, 0.25) is 0 Å². The first-order valence-electron chi connectivity index (χ1n) is 5.57. The number of aliphatic carboxylic acids is 1. The molecule has 1 amide bonds. The van der Waals surface area contributed by atoms with Gasteiger partial charge in [0, 0.05) is 30.9 Å². The number of nitrogens with zero attached hydrogens (tertiary/aromatic N) is 1. The fourth-order valence-corrected chi connectivity index (χ4v) is 2.09. The molecule has 0 spiro atoms. The third-order valence-corrected chi connectivity index (χ3v) is 3.15. The summed E-state index contributed by atoms with van der Waals surface area (Å²) < 4.78 is 0.882. The fraction of sp³-hybridized carbons (Fsp3) is 0.385. The van der Waals surface area contributed by atoms with Gasteiger partial charge in [-0.3, -0.25) is 9.59 Å². The Kier molecular flexibility index (Phi) is 5.34. The van der Waals surface area contributed by atoms with Crippen molar-refractivity contribution in [3.8, 4) is 0 Å². The van der Waals surface area contributed by atoms with E-state index < -0.39 is 5.97 Å². The van der Waals surface area contributed by atoms with Crippen LogP contribution < -0.4 is 0 Å². The van der Waals surface area contributed by atoms with Crippen LogP contribution in [0.5, 0.6) is 0 Å². The van der Waals surface area contributed by atoms with Gasteiger partial charge in [0.2, 0.25) is 5.91 Å². The molecule has 1 unspecified atom stereocenters. The van der Waals surface area contributed by atoms with Gasteiger partial charge in [-0.05, 0) is 17.7 Å².